The molecule has 0 aliphatic heterocycles. The number of aromatic nitrogens is 2. The third-order valence-electron chi connectivity index (χ3n) is 12.2. The van der Waals surface area contributed by atoms with Crippen LogP contribution in [0.15, 0.2) is 200 Å². The minimum absolute atomic E-state index is 0. The molecule has 1 spiro atoms. The molecular formula is C54H33IrN2-. The van der Waals surface area contributed by atoms with Gasteiger partial charge in [0.1, 0.15) is 0 Å². The number of hydrogen-bond acceptors (Lipinski definition) is 1. The maximum absolute atomic E-state index is 4.57. The third kappa shape index (κ3) is 4.83. The summed E-state index contributed by atoms with van der Waals surface area (Å²) < 4.78 is 2.47. The predicted octanol–water partition coefficient (Wildman–Crippen LogP) is 13.3. The molecule has 1 radical (unpaired) electrons. The molecule has 0 fully saturated rings. The normalized spacial score (nSPS) is 12.9. The Morgan fingerprint density at radius 3 is 1.70 bits per heavy atom. The van der Waals surface area contributed by atoms with Gasteiger partial charge in [-0.1, -0.05) is 127 Å². The minimum Gasteiger partial charge on any atom is -0.309 e. The smallest absolute Gasteiger partial charge is 0.0726 e. The van der Waals surface area contributed by atoms with Crippen LogP contribution in [0.1, 0.15) is 22.3 Å². The number of pyridine rings is 1. The maximum atomic E-state index is 4.57. The molecule has 0 amide bonds. The second-order valence-corrected chi connectivity index (χ2v) is 15.0. The van der Waals surface area contributed by atoms with Crippen molar-refractivity contribution >= 4 is 21.8 Å². The van der Waals surface area contributed by atoms with Gasteiger partial charge in [0.05, 0.1) is 16.4 Å². The number of nitrogens with zero attached hydrogens (tertiary/aromatic N) is 2. The average Bonchev–Trinajstić information content (AvgIpc) is 3.87. The molecule has 0 bridgehead atoms. The quantitative estimate of drug-likeness (QED) is 0.161. The number of hydrogen-bond donors (Lipinski definition) is 0. The molecule has 12 rings (SSSR count). The first kappa shape index (κ1) is 33.7. The van der Waals surface area contributed by atoms with Crippen LogP contribution in [0.3, 0.4) is 0 Å². The van der Waals surface area contributed by atoms with E-state index in [1.54, 1.807) is 0 Å². The first-order chi connectivity index (χ1) is 27.8. The van der Waals surface area contributed by atoms with Crippen LogP contribution in [0.4, 0.5) is 0 Å². The van der Waals surface area contributed by atoms with Gasteiger partial charge >= 0.3 is 0 Å². The van der Waals surface area contributed by atoms with Crippen LogP contribution in [0.5, 0.6) is 0 Å². The van der Waals surface area contributed by atoms with Crippen molar-refractivity contribution in [2.45, 2.75) is 5.41 Å². The topological polar surface area (TPSA) is 17.8 Å². The average molecular weight is 902 g/mol. The Balaban J connectivity index is 0.00000374. The standard InChI is InChI=1S/C54H33N2.Ir/c1-2-18-40(19-3-1)56-52-28-27-38(36-15-12-14-35(30-36)37-16-13-17-39(31-37)51-26-10-11-29-55-51)32-45(52)46-33-44-43-22-6-9-25-49(43)54(50(44)34-53(46)56)47-23-7-4-20-41(47)42-21-5-8-24-48(42)54;/h1-16,18-34H;/q-1;. The van der Waals surface area contributed by atoms with Gasteiger partial charge in [-0.05, 0) is 115 Å². The van der Waals surface area contributed by atoms with E-state index < -0.39 is 5.41 Å². The molecule has 10 aromatic rings. The zero-order valence-electron chi connectivity index (χ0n) is 30.8. The van der Waals surface area contributed by atoms with E-state index in [1.807, 2.05) is 30.5 Å². The van der Waals surface area contributed by atoms with E-state index in [9.17, 15) is 0 Å². The van der Waals surface area contributed by atoms with Crippen molar-refractivity contribution in [3.05, 3.63) is 229 Å². The van der Waals surface area contributed by atoms with Crippen LogP contribution in [0.2, 0.25) is 0 Å². The molecule has 2 heterocycles. The summed E-state index contributed by atoms with van der Waals surface area (Å²) in [6, 6.07) is 74.6. The van der Waals surface area contributed by atoms with E-state index in [4.69, 9.17) is 0 Å². The molecule has 2 aromatic heterocycles. The van der Waals surface area contributed by atoms with Crippen LogP contribution in [-0.4, -0.2) is 9.55 Å². The molecular weight excluding hydrogens is 869 g/mol. The number of fused-ring (bicyclic) bond motifs is 13. The molecule has 0 atom stereocenters. The summed E-state index contributed by atoms with van der Waals surface area (Å²) in [4.78, 5) is 4.57. The van der Waals surface area contributed by atoms with Crippen LogP contribution in [0.25, 0.3) is 83.3 Å². The molecule has 3 heteroatoms. The summed E-state index contributed by atoms with van der Waals surface area (Å²) in [5.41, 5.74) is 20.5. The first-order valence-corrected chi connectivity index (χ1v) is 19.3. The van der Waals surface area contributed by atoms with Gasteiger partial charge in [0.25, 0.3) is 0 Å². The fourth-order valence-electron chi connectivity index (χ4n) is 9.83. The van der Waals surface area contributed by atoms with Crippen molar-refractivity contribution < 1.29 is 20.1 Å². The van der Waals surface area contributed by atoms with Crippen molar-refractivity contribution in [3.63, 3.8) is 0 Å². The zero-order valence-corrected chi connectivity index (χ0v) is 33.2. The molecule has 57 heavy (non-hydrogen) atoms. The fourth-order valence-corrected chi connectivity index (χ4v) is 9.83. The summed E-state index contributed by atoms with van der Waals surface area (Å²) in [7, 11) is 0. The summed E-state index contributed by atoms with van der Waals surface area (Å²) >= 11 is 0. The molecule has 269 valence electrons. The Morgan fingerprint density at radius 1 is 0.421 bits per heavy atom. The Morgan fingerprint density at radius 2 is 1.02 bits per heavy atom. The minimum atomic E-state index is -0.400. The van der Waals surface area contributed by atoms with E-state index in [1.165, 1.54) is 77.4 Å². The van der Waals surface area contributed by atoms with Crippen molar-refractivity contribution in [3.8, 4) is 61.5 Å². The number of benzene rings is 8. The van der Waals surface area contributed by atoms with Crippen LogP contribution < -0.4 is 0 Å². The van der Waals surface area contributed by atoms with E-state index >= 15 is 0 Å². The molecule has 2 aliphatic carbocycles. The molecule has 0 unspecified atom stereocenters. The molecule has 2 aliphatic rings. The van der Waals surface area contributed by atoms with E-state index in [2.05, 4.69) is 185 Å². The monoisotopic (exact) mass is 902 g/mol. The van der Waals surface area contributed by atoms with E-state index in [0.29, 0.717) is 0 Å². The SMILES string of the molecule is [Ir].[c-]1ccc(-c2cccc(-c3ccc4c(c3)c3cc5c(cc3n4-c3ccccc3)C3(c4ccccc4-c4ccccc43)c3ccccc3-5)c2)cc1-c1ccccn1. The van der Waals surface area contributed by atoms with Gasteiger partial charge in [-0.15, -0.1) is 35.4 Å². The molecule has 8 aromatic carbocycles. The summed E-state index contributed by atoms with van der Waals surface area (Å²) in [6.07, 6.45) is 1.83. The van der Waals surface area contributed by atoms with Crippen LogP contribution in [-0.2, 0) is 25.5 Å². The van der Waals surface area contributed by atoms with Gasteiger partial charge < -0.3 is 9.55 Å². The van der Waals surface area contributed by atoms with Gasteiger partial charge in [0.2, 0.25) is 0 Å². The molecule has 0 saturated heterocycles. The third-order valence-corrected chi connectivity index (χ3v) is 12.2. The van der Waals surface area contributed by atoms with E-state index in [-0.39, 0.29) is 20.1 Å². The van der Waals surface area contributed by atoms with Crippen molar-refractivity contribution in [2.75, 3.05) is 0 Å². The molecule has 2 nitrogen and oxygen atoms in total. The zero-order chi connectivity index (χ0) is 36.8. The maximum Gasteiger partial charge on any atom is 0.0726 e. The van der Waals surface area contributed by atoms with Crippen LogP contribution >= 0.6 is 0 Å². The Labute approximate surface area is 345 Å². The van der Waals surface area contributed by atoms with Gasteiger partial charge in [0.15, 0.2) is 0 Å². The van der Waals surface area contributed by atoms with Gasteiger partial charge in [-0.2, -0.15) is 0 Å². The van der Waals surface area contributed by atoms with Crippen molar-refractivity contribution in [1.29, 1.82) is 0 Å². The number of para-hydroxylation sites is 1. The van der Waals surface area contributed by atoms with Crippen molar-refractivity contribution in [2.24, 2.45) is 0 Å². The first-order valence-electron chi connectivity index (χ1n) is 19.3. The van der Waals surface area contributed by atoms with Crippen LogP contribution in [0, 0.1) is 6.07 Å². The Hall–Kier alpha value is -6.64. The fraction of sp³-hybridized carbons (Fsp3) is 0.0185. The number of rotatable bonds is 4. The van der Waals surface area contributed by atoms with Gasteiger partial charge in [-0.25, -0.2) is 0 Å². The van der Waals surface area contributed by atoms with Crippen molar-refractivity contribution in [1.82, 2.24) is 9.55 Å². The second kappa shape index (κ2) is 13.0. The van der Waals surface area contributed by atoms with Gasteiger partial charge in [-0.3, -0.25) is 0 Å². The summed E-state index contributed by atoms with van der Waals surface area (Å²) in [6.45, 7) is 0. The largest absolute Gasteiger partial charge is 0.309 e. The second-order valence-electron chi connectivity index (χ2n) is 15.0. The van der Waals surface area contributed by atoms with E-state index in [0.717, 1.165) is 28.1 Å². The molecule has 0 saturated carbocycles. The Kier molecular flexibility index (Phi) is 7.66. The predicted molar refractivity (Wildman–Crippen MR) is 230 cm³/mol. The van der Waals surface area contributed by atoms with Gasteiger partial charge in [0, 0.05) is 42.8 Å². The summed E-state index contributed by atoms with van der Waals surface area (Å²) in [5, 5.41) is 2.50. The summed E-state index contributed by atoms with van der Waals surface area (Å²) in [5.74, 6) is 0. The molecule has 0 N–H and O–H groups in total. The Bertz CT molecular complexity index is 3150.